The van der Waals surface area contributed by atoms with E-state index in [4.69, 9.17) is 4.98 Å². The predicted molar refractivity (Wildman–Crippen MR) is 145 cm³/mol. The Morgan fingerprint density at radius 2 is 1.78 bits per heavy atom. The third-order valence-corrected chi connectivity index (χ3v) is 9.08. The summed E-state index contributed by atoms with van der Waals surface area (Å²) in [6, 6.07) is 14.0. The minimum absolute atomic E-state index is 0.169. The number of carbonyl (C=O) groups excluding carboxylic acids is 1. The molecule has 7 nitrogen and oxygen atoms in total. The monoisotopic (exact) mass is 522 g/mol. The van der Waals surface area contributed by atoms with Crippen molar-refractivity contribution in [2.45, 2.75) is 45.1 Å². The first-order chi connectivity index (χ1) is 17.2. The van der Waals surface area contributed by atoms with Gasteiger partial charge in [0.05, 0.1) is 21.7 Å². The quantitative estimate of drug-likeness (QED) is 0.287. The molecular formula is C27H30N4O3S2. The van der Waals surface area contributed by atoms with Gasteiger partial charge in [0.1, 0.15) is 0 Å². The van der Waals surface area contributed by atoms with Crippen molar-refractivity contribution in [3.63, 3.8) is 0 Å². The number of benzene rings is 2. The molecule has 2 aromatic carbocycles. The lowest BCUT2D eigenvalue weighted by atomic mass is 10.1. The van der Waals surface area contributed by atoms with Crippen LogP contribution in [-0.4, -0.2) is 42.2 Å². The molecule has 0 spiro atoms. The molecule has 1 amide bonds. The molecule has 0 saturated heterocycles. The van der Waals surface area contributed by atoms with E-state index in [0.29, 0.717) is 23.8 Å². The number of anilines is 1. The molecule has 0 aliphatic heterocycles. The molecule has 0 aliphatic carbocycles. The molecule has 2 heterocycles. The zero-order valence-corrected chi connectivity index (χ0v) is 22.6. The summed E-state index contributed by atoms with van der Waals surface area (Å²) in [4.78, 5) is 24.5. The van der Waals surface area contributed by atoms with Gasteiger partial charge < -0.3 is 0 Å². The van der Waals surface area contributed by atoms with Crippen LogP contribution in [-0.2, 0) is 16.6 Å². The fourth-order valence-electron chi connectivity index (χ4n) is 3.79. The summed E-state index contributed by atoms with van der Waals surface area (Å²) in [5.41, 5.74) is 4.42. The van der Waals surface area contributed by atoms with Crippen molar-refractivity contribution in [3.05, 3.63) is 83.2 Å². The molecule has 0 unspecified atom stereocenters. The van der Waals surface area contributed by atoms with Gasteiger partial charge in [0, 0.05) is 31.5 Å². The van der Waals surface area contributed by atoms with E-state index in [1.807, 2.05) is 32.0 Å². The molecule has 0 radical (unpaired) electrons. The zero-order valence-electron chi connectivity index (χ0n) is 20.9. The van der Waals surface area contributed by atoms with E-state index in [1.165, 1.54) is 33.3 Å². The topological polar surface area (TPSA) is 83.5 Å². The van der Waals surface area contributed by atoms with E-state index >= 15 is 0 Å². The molecule has 2 aromatic heterocycles. The molecule has 36 heavy (non-hydrogen) atoms. The van der Waals surface area contributed by atoms with Crippen LogP contribution in [0, 0.1) is 13.8 Å². The van der Waals surface area contributed by atoms with Gasteiger partial charge in [0.2, 0.25) is 10.0 Å². The Morgan fingerprint density at radius 3 is 2.44 bits per heavy atom. The van der Waals surface area contributed by atoms with Gasteiger partial charge in [0.25, 0.3) is 5.91 Å². The number of aryl methyl sites for hydroxylation is 2. The van der Waals surface area contributed by atoms with Crippen molar-refractivity contribution in [1.29, 1.82) is 0 Å². The number of hydrogen-bond acceptors (Lipinski definition) is 6. The average Bonchev–Trinajstić information content (AvgIpc) is 3.28. The van der Waals surface area contributed by atoms with Crippen molar-refractivity contribution < 1.29 is 13.2 Å². The van der Waals surface area contributed by atoms with Gasteiger partial charge in [-0.3, -0.25) is 14.7 Å². The second-order valence-electron chi connectivity index (χ2n) is 8.86. The Morgan fingerprint density at radius 1 is 1.06 bits per heavy atom. The van der Waals surface area contributed by atoms with Crippen LogP contribution in [0.5, 0.6) is 0 Å². The summed E-state index contributed by atoms with van der Waals surface area (Å²) < 4.78 is 28.1. The summed E-state index contributed by atoms with van der Waals surface area (Å²) in [6.45, 7) is 6.87. The smallest absolute Gasteiger partial charge is 0.260 e. The number of rotatable bonds is 9. The van der Waals surface area contributed by atoms with E-state index in [9.17, 15) is 13.2 Å². The molecule has 0 atom stereocenters. The van der Waals surface area contributed by atoms with E-state index < -0.39 is 10.0 Å². The van der Waals surface area contributed by atoms with Gasteiger partial charge in [-0.25, -0.2) is 17.7 Å². The number of amides is 1. The van der Waals surface area contributed by atoms with Crippen molar-refractivity contribution in [2.24, 2.45) is 0 Å². The number of aromatic nitrogens is 2. The maximum atomic E-state index is 13.7. The highest BCUT2D eigenvalue weighted by atomic mass is 32.2. The minimum atomic E-state index is -3.61. The number of hydrogen-bond donors (Lipinski definition) is 0. The van der Waals surface area contributed by atoms with Gasteiger partial charge in [-0.15, -0.1) is 0 Å². The van der Waals surface area contributed by atoms with Crippen LogP contribution in [0.25, 0.3) is 10.2 Å². The number of carbonyl (C=O) groups is 1. The number of thiazole rings is 1. The van der Waals surface area contributed by atoms with Crippen LogP contribution in [0.2, 0.25) is 0 Å². The van der Waals surface area contributed by atoms with E-state index in [0.717, 1.165) is 34.2 Å². The summed E-state index contributed by atoms with van der Waals surface area (Å²) in [6.07, 6.45) is 5.11. The van der Waals surface area contributed by atoms with Crippen molar-refractivity contribution >= 4 is 42.6 Å². The second kappa shape index (κ2) is 10.9. The lowest BCUT2D eigenvalue weighted by molar-refractivity contribution is 0.0985. The number of sulfonamides is 1. The van der Waals surface area contributed by atoms with Crippen LogP contribution in [0.4, 0.5) is 5.13 Å². The zero-order chi connectivity index (χ0) is 25.9. The Hall–Kier alpha value is -3.14. The highest BCUT2D eigenvalue weighted by Crippen LogP contribution is 2.32. The maximum absolute atomic E-state index is 13.7. The van der Waals surface area contributed by atoms with E-state index in [2.05, 4.69) is 18.0 Å². The second-order valence-corrected chi connectivity index (χ2v) is 11.9. The highest BCUT2D eigenvalue weighted by molar-refractivity contribution is 7.89. The van der Waals surface area contributed by atoms with Crippen LogP contribution < -0.4 is 4.90 Å². The molecule has 0 N–H and O–H groups in total. The van der Waals surface area contributed by atoms with Gasteiger partial charge >= 0.3 is 0 Å². The van der Waals surface area contributed by atoms with Crippen LogP contribution in [0.1, 0.15) is 46.8 Å². The van der Waals surface area contributed by atoms with Crippen molar-refractivity contribution in [2.75, 3.05) is 18.5 Å². The fourth-order valence-corrected chi connectivity index (χ4v) is 6.04. The number of nitrogens with zero attached hydrogens (tertiary/aromatic N) is 4. The Balaban J connectivity index is 1.68. The maximum Gasteiger partial charge on any atom is 0.260 e. The molecule has 0 saturated carbocycles. The van der Waals surface area contributed by atoms with Crippen molar-refractivity contribution in [1.82, 2.24) is 14.3 Å². The number of unbranched alkanes of at least 4 members (excludes halogenated alkanes) is 1. The molecule has 4 aromatic rings. The first kappa shape index (κ1) is 25.9. The molecule has 9 heteroatoms. The molecule has 0 aliphatic rings. The van der Waals surface area contributed by atoms with Crippen LogP contribution in [0.3, 0.4) is 0 Å². The fraction of sp³-hybridized carbons (Fsp3) is 0.296. The minimum Gasteiger partial charge on any atom is -0.279 e. The average molecular weight is 523 g/mol. The first-order valence-electron chi connectivity index (χ1n) is 11.9. The third kappa shape index (κ3) is 5.48. The normalized spacial score (nSPS) is 11.8. The van der Waals surface area contributed by atoms with Gasteiger partial charge in [-0.1, -0.05) is 30.7 Å². The Bertz CT molecular complexity index is 1430. The summed E-state index contributed by atoms with van der Waals surface area (Å²) >= 11 is 1.46. The van der Waals surface area contributed by atoms with Crippen LogP contribution >= 0.6 is 11.3 Å². The molecule has 0 bridgehead atoms. The molecule has 4 rings (SSSR count). The van der Waals surface area contributed by atoms with Crippen molar-refractivity contribution in [3.8, 4) is 0 Å². The SMILES string of the molecule is CCCCN(C)S(=O)(=O)c1ccc(C(=O)N(Cc2cccnc2)c2nc3cc(C)c(C)cc3s2)cc1. The Labute approximate surface area is 216 Å². The first-order valence-corrected chi connectivity index (χ1v) is 14.1. The summed E-state index contributed by atoms with van der Waals surface area (Å²) in [5, 5.41) is 0.583. The number of pyridine rings is 1. The van der Waals surface area contributed by atoms with E-state index in [-0.39, 0.29) is 10.8 Å². The van der Waals surface area contributed by atoms with Crippen LogP contribution in [0.15, 0.2) is 65.8 Å². The third-order valence-electron chi connectivity index (χ3n) is 6.17. The molecule has 188 valence electrons. The molecule has 0 fully saturated rings. The number of fused-ring (bicyclic) bond motifs is 1. The van der Waals surface area contributed by atoms with Gasteiger partial charge in [-0.05, 0) is 79.4 Å². The van der Waals surface area contributed by atoms with Gasteiger partial charge in [-0.2, -0.15) is 0 Å². The van der Waals surface area contributed by atoms with E-state index in [1.54, 1.807) is 36.5 Å². The van der Waals surface area contributed by atoms with Gasteiger partial charge in [0.15, 0.2) is 5.13 Å². The standard InChI is InChI=1S/C27H30N4O3S2/c1-5-6-14-30(4)36(33,34)23-11-9-22(10-12-23)26(32)31(18-21-8-7-13-28-17-21)27-29-24-15-19(2)20(3)16-25(24)35-27/h7-13,15-17H,5-6,14,18H2,1-4H3. The lowest BCUT2D eigenvalue weighted by Gasteiger charge is -2.20. The summed E-state index contributed by atoms with van der Waals surface area (Å²) in [5.74, 6) is -0.255. The Kier molecular flexibility index (Phi) is 7.82. The summed E-state index contributed by atoms with van der Waals surface area (Å²) in [7, 11) is -2.03. The lowest BCUT2D eigenvalue weighted by Crippen LogP contribution is -2.30. The largest absolute Gasteiger partial charge is 0.279 e. The predicted octanol–water partition coefficient (Wildman–Crippen LogP) is 5.58. The molecular weight excluding hydrogens is 492 g/mol. The highest BCUT2D eigenvalue weighted by Gasteiger charge is 2.24.